The standard InChI is InChI=1S/C17H13N5O3S2/c1-22-15-13(14(24)20-17(22)25)10(21-27-15)7-12(23)19-16-18-11(8-26-16)9-5-3-2-4-6-9/h2-6,8H,7H2,1H3,(H,18,19,23)(H,20,24,25). The minimum absolute atomic E-state index is 0.0818. The summed E-state index contributed by atoms with van der Waals surface area (Å²) in [5, 5.41) is 5.33. The molecule has 8 nitrogen and oxygen atoms in total. The van der Waals surface area contributed by atoms with Gasteiger partial charge in [0.25, 0.3) is 5.56 Å². The Hall–Kier alpha value is -3.11. The molecule has 0 fully saturated rings. The molecule has 0 saturated carbocycles. The van der Waals surface area contributed by atoms with Crippen LogP contribution in [0.5, 0.6) is 0 Å². The number of hydrogen-bond donors (Lipinski definition) is 2. The minimum Gasteiger partial charge on any atom is -0.302 e. The number of benzene rings is 1. The lowest BCUT2D eigenvalue weighted by molar-refractivity contribution is -0.115. The van der Waals surface area contributed by atoms with Crippen molar-refractivity contribution < 1.29 is 4.79 Å². The highest BCUT2D eigenvalue weighted by Gasteiger charge is 2.17. The number of fused-ring (bicyclic) bond motifs is 1. The molecule has 0 unspecified atom stereocenters. The molecular weight excluding hydrogens is 386 g/mol. The number of nitrogens with zero attached hydrogens (tertiary/aromatic N) is 3. The SMILES string of the molecule is Cn1c(=O)[nH]c(=O)c2c(CC(=O)Nc3nc(-c4ccccc4)cs3)nsc21. The number of aromatic amines is 1. The van der Waals surface area contributed by atoms with Crippen LogP contribution in [0, 0.1) is 0 Å². The first-order valence-corrected chi connectivity index (χ1v) is 9.56. The summed E-state index contributed by atoms with van der Waals surface area (Å²) in [6.45, 7) is 0. The number of anilines is 1. The second-order valence-corrected chi connectivity index (χ2v) is 7.37. The minimum atomic E-state index is -0.537. The van der Waals surface area contributed by atoms with Gasteiger partial charge < -0.3 is 5.32 Å². The van der Waals surface area contributed by atoms with Crippen LogP contribution in [0.3, 0.4) is 0 Å². The lowest BCUT2D eigenvalue weighted by atomic mass is 10.2. The van der Waals surface area contributed by atoms with Gasteiger partial charge in [0.2, 0.25) is 5.91 Å². The van der Waals surface area contributed by atoms with Crippen LogP contribution in [0.2, 0.25) is 0 Å². The molecule has 0 aliphatic heterocycles. The number of aromatic nitrogens is 4. The van der Waals surface area contributed by atoms with Crippen molar-refractivity contribution in [3.63, 3.8) is 0 Å². The van der Waals surface area contributed by atoms with E-state index < -0.39 is 11.2 Å². The van der Waals surface area contributed by atoms with Gasteiger partial charge in [0, 0.05) is 18.0 Å². The number of carbonyl (C=O) groups excluding carboxylic acids is 1. The van der Waals surface area contributed by atoms with Crippen LogP contribution in [0.4, 0.5) is 5.13 Å². The van der Waals surface area contributed by atoms with E-state index in [2.05, 4.69) is 19.7 Å². The first kappa shape index (κ1) is 17.3. The summed E-state index contributed by atoms with van der Waals surface area (Å²) in [5.74, 6) is -0.329. The Morgan fingerprint density at radius 1 is 1.26 bits per heavy atom. The largest absolute Gasteiger partial charge is 0.329 e. The fourth-order valence-corrected chi connectivity index (χ4v) is 4.21. The van der Waals surface area contributed by atoms with Gasteiger partial charge in [-0.15, -0.1) is 11.3 Å². The Balaban J connectivity index is 1.55. The molecule has 0 spiro atoms. The number of hydrogen-bond acceptors (Lipinski definition) is 7. The van der Waals surface area contributed by atoms with E-state index in [9.17, 15) is 14.4 Å². The van der Waals surface area contributed by atoms with Crippen LogP contribution in [0.25, 0.3) is 21.5 Å². The molecule has 0 bridgehead atoms. The van der Waals surface area contributed by atoms with Crippen molar-refractivity contribution in [3.8, 4) is 11.3 Å². The van der Waals surface area contributed by atoms with Gasteiger partial charge in [0.1, 0.15) is 4.83 Å². The van der Waals surface area contributed by atoms with Gasteiger partial charge in [0.05, 0.1) is 23.2 Å². The van der Waals surface area contributed by atoms with Gasteiger partial charge in [-0.2, -0.15) is 4.37 Å². The third-order valence-corrected chi connectivity index (χ3v) is 5.67. The van der Waals surface area contributed by atoms with Crippen molar-refractivity contribution in [2.24, 2.45) is 7.05 Å². The summed E-state index contributed by atoms with van der Waals surface area (Å²) < 4.78 is 5.48. The van der Waals surface area contributed by atoms with Gasteiger partial charge >= 0.3 is 5.69 Å². The fourth-order valence-electron chi connectivity index (χ4n) is 2.61. The normalized spacial score (nSPS) is 11.0. The predicted octanol–water partition coefficient (Wildman–Crippen LogP) is 1.99. The van der Waals surface area contributed by atoms with E-state index in [4.69, 9.17) is 0 Å². The molecule has 1 amide bonds. The molecule has 0 aliphatic rings. The Morgan fingerprint density at radius 2 is 2.04 bits per heavy atom. The van der Waals surface area contributed by atoms with Crippen molar-refractivity contribution in [3.05, 3.63) is 62.2 Å². The van der Waals surface area contributed by atoms with Crippen LogP contribution in [-0.2, 0) is 18.3 Å². The summed E-state index contributed by atoms with van der Waals surface area (Å²) in [5.41, 5.74) is 1.03. The molecular formula is C17H13N5O3S2. The van der Waals surface area contributed by atoms with Crippen molar-refractivity contribution >= 4 is 44.1 Å². The fraction of sp³-hybridized carbons (Fsp3) is 0.118. The average molecular weight is 399 g/mol. The highest BCUT2D eigenvalue weighted by Crippen LogP contribution is 2.25. The lowest BCUT2D eigenvalue weighted by Crippen LogP contribution is -2.28. The van der Waals surface area contributed by atoms with E-state index in [1.54, 1.807) is 7.05 Å². The zero-order chi connectivity index (χ0) is 19.0. The highest BCUT2D eigenvalue weighted by molar-refractivity contribution is 7.14. The van der Waals surface area contributed by atoms with Gasteiger partial charge in [0.15, 0.2) is 5.13 Å². The number of thiazole rings is 1. The molecule has 2 N–H and O–H groups in total. The van der Waals surface area contributed by atoms with Crippen molar-refractivity contribution in [2.75, 3.05) is 5.32 Å². The molecule has 4 rings (SSSR count). The van der Waals surface area contributed by atoms with E-state index >= 15 is 0 Å². The average Bonchev–Trinajstić information content (AvgIpc) is 3.28. The Labute approximate surface area is 160 Å². The summed E-state index contributed by atoms with van der Waals surface area (Å²) in [6, 6.07) is 9.65. The number of rotatable bonds is 4. The quantitative estimate of drug-likeness (QED) is 0.545. The Morgan fingerprint density at radius 3 is 2.81 bits per heavy atom. The van der Waals surface area contributed by atoms with Gasteiger partial charge in [-0.05, 0) is 11.5 Å². The smallest absolute Gasteiger partial charge is 0.302 e. The molecule has 3 aromatic heterocycles. The van der Waals surface area contributed by atoms with Crippen LogP contribution in [0.15, 0.2) is 45.3 Å². The summed E-state index contributed by atoms with van der Waals surface area (Å²) in [6.07, 6.45) is -0.0818. The number of carbonyl (C=O) groups is 1. The molecule has 0 aliphatic carbocycles. The number of nitrogens with one attached hydrogen (secondary N) is 2. The molecule has 0 saturated heterocycles. The molecule has 3 heterocycles. The lowest BCUT2D eigenvalue weighted by Gasteiger charge is -2.01. The van der Waals surface area contributed by atoms with E-state index in [0.29, 0.717) is 15.7 Å². The summed E-state index contributed by atoms with van der Waals surface area (Å²) >= 11 is 2.34. The van der Waals surface area contributed by atoms with Crippen LogP contribution >= 0.6 is 22.9 Å². The number of aryl methyl sites for hydroxylation is 1. The second-order valence-electron chi connectivity index (χ2n) is 5.76. The molecule has 4 aromatic rings. The van der Waals surface area contributed by atoms with Crippen molar-refractivity contribution in [2.45, 2.75) is 6.42 Å². The topological polar surface area (TPSA) is 110 Å². The van der Waals surface area contributed by atoms with E-state index in [1.165, 1.54) is 15.9 Å². The first-order chi connectivity index (χ1) is 13.0. The van der Waals surface area contributed by atoms with Crippen LogP contribution in [0.1, 0.15) is 5.69 Å². The maximum absolute atomic E-state index is 12.4. The van der Waals surface area contributed by atoms with Crippen molar-refractivity contribution in [1.82, 2.24) is 18.9 Å². The Kier molecular flexibility index (Phi) is 4.42. The second kappa shape index (κ2) is 6.89. The van der Waals surface area contributed by atoms with Gasteiger partial charge in [-0.25, -0.2) is 9.78 Å². The maximum atomic E-state index is 12.4. The van der Waals surface area contributed by atoms with E-state index in [1.807, 2.05) is 35.7 Å². The van der Waals surface area contributed by atoms with Gasteiger partial charge in [-0.3, -0.25) is 19.1 Å². The number of H-pyrrole nitrogens is 1. The summed E-state index contributed by atoms with van der Waals surface area (Å²) in [4.78, 5) is 43.2. The van der Waals surface area contributed by atoms with Crippen molar-refractivity contribution in [1.29, 1.82) is 0 Å². The zero-order valence-corrected chi connectivity index (χ0v) is 15.7. The highest BCUT2D eigenvalue weighted by atomic mass is 32.1. The third kappa shape index (κ3) is 3.32. The van der Waals surface area contributed by atoms with E-state index in [0.717, 1.165) is 22.8 Å². The molecule has 0 radical (unpaired) electrons. The molecule has 136 valence electrons. The Bertz CT molecular complexity index is 1250. The van der Waals surface area contributed by atoms with Crippen LogP contribution < -0.4 is 16.6 Å². The predicted molar refractivity (Wildman–Crippen MR) is 105 cm³/mol. The molecule has 1 aromatic carbocycles. The molecule has 27 heavy (non-hydrogen) atoms. The van der Waals surface area contributed by atoms with Gasteiger partial charge in [-0.1, -0.05) is 30.3 Å². The number of amides is 1. The molecule has 0 atom stereocenters. The first-order valence-electron chi connectivity index (χ1n) is 7.91. The van der Waals surface area contributed by atoms with Crippen LogP contribution in [-0.4, -0.2) is 24.8 Å². The maximum Gasteiger partial charge on any atom is 0.329 e. The zero-order valence-electron chi connectivity index (χ0n) is 14.1. The summed E-state index contributed by atoms with van der Waals surface area (Å²) in [7, 11) is 1.54. The third-order valence-electron chi connectivity index (χ3n) is 3.95. The monoisotopic (exact) mass is 399 g/mol. The molecule has 10 heteroatoms. The van der Waals surface area contributed by atoms with E-state index in [-0.39, 0.29) is 17.7 Å².